The number of rotatable bonds is 11. The third-order valence-electron chi connectivity index (χ3n) is 6.75. The molecule has 0 bridgehead atoms. The molecule has 0 aliphatic carbocycles. The molecule has 0 fully saturated rings. The normalized spacial score (nSPS) is 12.4. The Kier molecular flexibility index (Phi) is 10.5. The Morgan fingerprint density at radius 3 is 2.36 bits per heavy atom. The molecule has 42 heavy (non-hydrogen) atoms. The molecule has 0 saturated heterocycles. The summed E-state index contributed by atoms with van der Waals surface area (Å²) in [7, 11) is 1.35. The van der Waals surface area contributed by atoms with Crippen LogP contribution in [0.3, 0.4) is 0 Å². The van der Waals surface area contributed by atoms with Gasteiger partial charge < -0.3 is 14.7 Å². The summed E-state index contributed by atoms with van der Waals surface area (Å²) in [4.78, 5) is 40.8. The first-order valence-electron chi connectivity index (χ1n) is 13.2. The highest BCUT2D eigenvalue weighted by Gasteiger charge is 2.35. The number of carbonyl (C=O) groups is 1. The van der Waals surface area contributed by atoms with E-state index in [1.54, 1.807) is 6.92 Å². The van der Waals surface area contributed by atoms with Crippen LogP contribution in [-0.4, -0.2) is 44.9 Å². The summed E-state index contributed by atoms with van der Waals surface area (Å²) in [6.07, 6.45) is -4.38. The molecular formula is C29H32ClF4N3O5. The molecule has 3 rings (SSSR count). The maximum absolute atomic E-state index is 14.8. The third kappa shape index (κ3) is 7.15. The Hall–Kier alpha value is -3.80. The fraction of sp³-hybridized carbons (Fsp3) is 0.414. The third-order valence-corrected chi connectivity index (χ3v) is 7.14. The van der Waals surface area contributed by atoms with Gasteiger partial charge in [0.25, 0.3) is 5.56 Å². The lowest BCUT2D eigenvalue weighted by Crippen LogP contribution is -2.49. The van der Waals surface area contributed by atoms with Crippen molar-refractivity contribution in [1.29, 1.82) is 0 Å². The zero-order valence-electron chi connectivity index (χ0n) is 23.5. The zero-order chi connectivity index (χ0) is 31.4. The number of aromatic nitrogens is 2. The van der Waals surface area contributed by atoms with Crippen LogP contribution in [-0.2, 0) is 19.3 Å². The van der Waals surface area contributed by atoms with Crippen LogP contribution in [0.25, 0.3) is 11.1 Å². The highest BCUT2D eigenvalue weighted by molar-refractivity contribution is 6.34. The molecule has 0 radical (unpaired) electrons. The number of amides is 1. The Morgan fingerprint density at radius 1 is 1.12 bits per heavy atom. The zero-order valence-corrected chi connectivity index (χ0v) is 24.3. The second-order valence-corrected chi connectivity index (χ2v) is 10.6. The Labute approximate surface area is 244 Å². The Bertz CT molecular complexity index is 1550. The van der Waals surface area contributed by atoms with E-state index in [1.807, 2.05) is 13.8 Å². The average Bonchev–Trinajstić information content (AvgIpc) is 2.91. The summed E-state index contributed by atoms with van der Waals surface area (Å²) >= 11 is 6.48. The minimum Gasteiger partial charge on any atom is -0.495 e. The van der Waals surface area contributed by atoms with Crippen LogP contribution < -0.4 is 16.0 Å². The van der Waals surface area contributed by atoms with Crippen molar-refractivity contribution in [2.45, 2.75) is 58.9 Å². The molecule has 1 heterocycles. The minimum atomic E-state index is -4.92. The highest BCUT2D eigenvalue weighted by atomic mass is 35.5. The molecule has 1 atom stereocenters. The second kappa shape index (κ2) is 13.5. The molecule has 2 aromatic carbocycles. The number of benzene rings is 2. The van der Waals surface area contributed by atoms with Crippen molar-refractivity contribution >= 4 is 17.7 Å². The second-order valence-electron chi connectivity index (χ2n) is 10.2. The lowest BCUT2D eigenvalue weighted by atomic mass is 10.0. The van der Waals surface area contributed by atoms with Crippen molar-refractivity contribution in [3.05, 3.63) is 85.4 Å². The predicted octanol–water partition coefficient (Wildman–Crippen LogP) is 6.35. The molecule has 3 aromatic rings. The van der Waals surface area contributed by atoms with E-state index in [0.29, 0.717) is 12.5 Å². The molecule has 1 aromatic heterocycles. The van der Waals surface area contributed by atoms with Crippen LogP contribution in [0.4, 0.5) is 22.4 Å². The molecule has 1 unspecified atom stereocenters. The number of methoxy groups -OCH3 is 1. The van der Waals surface area contributed by atoms with Crippen LogP contribution in [0.2, 0.25) is 5.02 Å². The molecule has 13 heteroatoms. The lowest BCUT2D eigenvalue weighted by Gasteiger charge is -2.31. The van der Waals surface area contributed by atoms with E-state index in [0.717, 1.165) is 32.4 Å². The molecule has 228 valence electrons. The van der Waals surface area contributed by atoms with Gasteiger partial charge >= 0.3 is 18.0 Å². The first-order chi connectivity index (χ1) is 19.7. The van der Waals surface area contributed by atoms with Gasteiger partial charge in [-0.2, -0.15) is 13.2 Å². The van der Waals surface area contributed by atoms with Gasteiger partial charge in [-0.1, -0.05) is 50.6 Å². The van der Waals surface area contributed by atoms with Crippen LogP contribution in [0.5, 0.6) is 5.75 Å². The van der Waals surface area contributed by atoms with E-state index in [1.165, 1.54) is 25.3 Å². The average molecular weight is 614 g/mol. The largest absolute Gasteiger partial charge is 0.495 e. The number of ether oxygens (including phenoxy) is 1. The van der Waals surface area contributed by atoms with Crippen LogP contribution in [0, 0.1) is 11.7 Å². The van der Waals surface area contributed by atoms with Gasteiger partial charge in [0, 0.05) is 23.9 Å². The molecule has 0 saturated carbocycles. The van der Waals surface area contributed by atoms with Crippen molar-refractivity contribution in [3.63, 3.8) is 0 Å². The fourth-order valence-corrected chi connectivity index (χ4v) is 5.18. The molecule has 1 amide bonds. The lowest BCUT2D eigenvalue weighted by molar-refractivity contribution is -0.138. The predicted molar refractivity (Wildman–Crippen MR) is 151 cm³/mol. The van der Waals surface area contributed by atoms with Crippen LogP contribution in [0.15, 0.2) is 52.2 Å². The minimum absolute atomic E-state index is 0.00703. The molecule has 1 N–H and O–H groups in total. The molecule has 8 nitrogen and oxygen atoms in total. The maximum atomic E-state index is 14.8. The standard InChI is InChI=1S/C29H32ClF4N3O5/c1-5-12-36(28(40)41)18(13-17(2)3)14-37-26(38)20(19-8-6-11-24(42-4)25(19)30)15-35(27(37)39)16-21-22(29(32,33)34)9-7-10-23(21)31/h6-11,15,17-18H,5,12-14,16H2,1-4H3,(H,40,41). The van der Waals surface area contributed by atoms with E-state index < -0.39 is 53.0 Å². The fourth-order valence-electron chi connectivity index (χ4n) is 4.87. The molecular weight excluding hydrogens is 582 g/mol. The first kappa shape index (κ1) is 32.7. The summed E-state index contributed by atoms with van der Waals surface area (Å²) in [5.41, 5.74) is -3.98. The Balaban J connectivity index is 2.34. The van der Waals surface area contributed by atoms with E-state index in [4.69, 9.17) is 16.3 Å². The SMILES string of the molecule is CCCN(C(=O)O)C(CC(C)C)Cn1c(=O)c(-c2cccc(OC)c2Cl)cn(Cc2c(F)cccc2C(F)(F)F)c1=O. The molecule has 0 aliphatic rings. The number of hydrogen-bond donors (Lipinski definition) is 1. The van der Waals surface area contributed by atoms with Gasteiger partial charge in [0.05, 0.1) is 42.4 Å². The van der Waals surface area contributed by atoms with Crippen molar-refractivity contribution in [3.8, 4) is 16.9 Å². The summed E-state index contributed by atoms with van der Waals surface area (Å²) in [6, 6.07) is 6.18. The van der Waals surface area contributed by atoms with Gasteiger partial charge in [-0.15, -0.1) is 0 Å². The highest BCUT2D eigenvalue weighted by Crippen LogP contribution is 2.35. The van der Waals surface area contributed by atoms with E-state index in [9.17, 15) is 37.1 Å². The van der Waals surface area contributed by atoms with Gasteiger partial charge in [-0.3, -0.25) is 13.9 Å². The molecule has 0 spiro atoms. The van der Waals surface area contributed by atoms with Gasteiger partial charge in [-0.25, -0.2) is 14.0 Å². The van der Waals surface area contributed by atoms with E-state index in [2.05, 4.69) is 0 Å². The van der Waals surface area contributed by atoms with Gasteiger partial charge in [0.2, 0.25) is 0 Å². The summed E-state index contributed by atoms with van der Waals surface area (Å²) in [5, 5.41) is 9.90. The van der Waals surface area contributed by atoms with Gasteiger partial charge in [0.15, 0.2) is 0 Å². The van der Waals surface area contributed by atoms with Crippen molar-refractivity contribution in [2.75, 3.05) is 13.7 Å². The van der Waals surface area contributed by atoms with E-state index in [-0.39, 0.29) is 47.3 Å². The topological polar surface area (TPSA) is 93.8 Å². The summed E-state index contributed by atoms with van der Waals surface area (Å²) in [6.45, 7) is 4.36. The Morgan fingerprint density at radius 2 is 1.79 bits per heavy atom. The number of hydrogen-bond acceptors (Lipinski definition) is 4. The number of alkyl halides is 3. The first-order valence-corrected chi connectivity index (χ1v) is 13.6. The van der Waals surface area contributed by atoms with Crippen LogP contribution >= 0.6 is 11.6 Å². The van der Waals surface area contributed by atoms with Gasteiger partial charge in [-0.05, 0) is 37.0 Å². The summed E-state index contributed by atoms with van der Waals surface area (Å²) < 4.78 is 63.0. The van der Waals surface area contributed by atoms with Crippen molar-refractivity contribution < 1.29 is 32.2 Å². The maximum Gasteiger partial charge on any atom is 0.416 e. The van der Waals surface area contributed by atoms with Crippen LogP contribution in [0.1, 0.15) is 44.7 Å². The van der Waals surface area contributed by atoms with Crippen molar-refractivity contribution in [2.24, 2.45) is 5.92 Å². The molecule has 0 aliphatic heterocycles. The number of halogens is 5. The summed E-state index contributed by atoms with van der Waals surface area (Å²) in [5.74, 6) is -1.02. The smallest absolute Gasteiger partial charge is 0.416 e. The van der Waals surface area contributed by atoms with Crippen molar-refractivity contribution in [1.82, 2.24) is 14.0 Å². The van der Waals surface area contributed by atoms with E-state index >= 15 is 0 Å². The van der Waals surface area contributed by atoms with Gasteiger partial charge in [0.1, 0.15) is 11.6 Å². The number of nitrogens with zero attached hydrogens (tertiary/aromatic N) is 3. The number of carboxylic acid groups (broad SMARTS) is 1. The monoisotopic (exact) mass is 613 g/mol. The quantitative estimate of drug-likeness (QED) is 0.254.